The zero-order valence-electron chi connectivity index (χ0n) is 12.6. The lowest BCUT2D eigenvalue weighted by Gasteiger charge is -2.40. The number of piperidine rings is 1. The van der Waals surface area contributed by atoms with Gasteiger partial charge in [0.1, 0.15) is 0 Å². The predicted molar refractivity (Wildman–Crippen MR) is 75.6 cm³/mol. The van der Waals surface area contributed by atoms with Crippen molar-refractivity contribution in [2.24, 2.45) is 0 Å². The van der Waals surface area contributed by atoms with Crippen molar-refractivity contribution in [3.63, 3.8) is 0 Å². The quantitative estimate of drug-likeness (QED) is 0.805. The molecule has 1 aliphatic heterocycles. The molecule has 106 valence electrons. The minimum Gasteiger partial charge on any atom is -0.336 e. The second-order valence-corrected chi connectivity index (χ2v) is 5.85. The molecule has 0 aromatic carbocycles. The van der Waals surface area contributed by atoms with Gasteiger partial charge >= 0.3 is 0 Å². The number of nitrogens with zero attached hydrogens (tertiary/aromatic N) is 2. The average molecular weight is 255 g/mol. The van der Waals surface area contributed by atoms with Crippen LogP contribution in [0.1, 0.15) is 40.0 Å². The van der Waals surface area contributed by atoms with E-state index in [2.05, 4.69) is 29.0 Å². The first-order valence-electron chi connectivity index (χ1n) is 7.13. The summed E-state index contributed by atoms with van der Waals surface area (Å²) < 4.78 is 0. The van der Waals surface area contributed by atoms with Crippen LogP contribution >= 0.6 is 0 Å². The summed E-state index contributed by atoms with van der Waals surface area (Å²) in [5.41, 5.74) is 0. The van der Waals surface area contributed by atoms with Gasteiger partial charge in [-0.2, -0.15) is 0 Å². The smallest absolute Gasteiger partial charge is 0.239 e. The number of likely N-dealkylation sites (N-methyl/N-ethyl adjacent to an activating group) is 1. The van der Waals surface area contributed by atoms with Gasteiger partial charge in [0.15, 0.2) is 0 Å². The van der Waals surface area contributed by atoms with Gasteiger partial charge in [-0.3, -0.25) is 4.79 Å². The van der Waals surface area contributed by atoms with Gasteiger partial charge in [-0.25, -0.2) is 0 Å². The van der Waals surface area contributed by atoms with E-state index in [1.165, 1.54) is 6.42 Å². The molecule has 0 saturated carbocycles. The normalized spacial score (nSPS) is 26.4. The Kier molecular flexibility index (Phi) is 6.09. The van der Waals surface area contributed by atoms with E-state index in [4.69, 9.17) is 0 Å². The third-order valence-corrected chi connectivity index (χ3v) is 3.83. The monoisotopic (exact) mass is 255 g/mol. The molecule has 0 spiro atoms. The molecule has 18 heavy (non-hydrogen) atoms. The summed E-state index contributed by atoms with van der Waals surface area (Å²) in [6.07, 6.45) is 3.52. The fraction of sp³-hybridized carbons (Fsp3) is 0.929. The van der Waals surface area contributed by atoms with Crippen LogP contribution in [0.25, 0.3) is 0 Å². The highest BCUT2D eigenvalue weighted by atomic mass is 16.2. The van der Waals surface area contributed by atoms with Crippen LogP contribution in [-0.2, 0) is 4.79 Å². The number of hydrogen-bond acceptors (Lipinski definition) is 3. The molecule has 1 saturated heterocycles. The van der Waals surface area contributed by atoms with E-state index in [1.807, 2.05) is 21.0 Å². The van der Waals surface area contributed by atoms with Gasteiger partial charge in [-0.1, -0.05) is 0 Å². The Bertz CT molecular complexity index is 258. The number of rotatable bonds is 5. The topological polar surface area (TPSA) is 35.6 Å². The van der Waals surface area contributed by atoms with Crippen LogP contribution in [0.15, 0.2) is 0 Å². The molecule has 4 heteroatoms. The Labute approximate surface area is 112 Å². The van der Waals surface area contributed by atoms with Gasteiger partial charge in [0.25, 0.3) is 0 Å². The zero-order chi connectivity index (χ0) is 13.7. The lowest BCUT2D eigenvalue weighted by Crippen LogP contribution is -2.54. The first kappa shape index (κ1) is 15.4. The number of nitrogens with one attached hydrogen (secondary N) is 1. The molecule has 0 bridgehead atoms. The summed E-state index contributed by atoms with van der Waals surface area (Å²) >= 11 is 0. The third-order valence-electron chi connectivity index (χ3n) is 3.83. The summed E-state index contributed by atoms with van der Waals surface area (Å²) in [6.45, 7) is 8.13. The number of carbonyl (C=O) groups is 1. The Morgan fingerprint density at radius 3 is 2.39 bits per heavy atom. The lowest BCUT2D eigenvalue weighted by atomic mass is 9.96. The Morgan fingerprint density at radius 2 is 1.89 bits per heavy atom. The van der Waals surface area contributed by atoms with E-state index in [0.29, 0.717) is 12.1 Å². The van der Waals surface area contributed by atoms with Crippen LogP contribution < -0.4 is 5.32 Å². The molecule has 1 amide bonds. The van der Waals surface area contributed by atoms with Crippen molar-refractivity contribution in [3.8, 4) is 0 Å². The van der Waals surface area contributed by atoms with E-state index in [-0.39, 0.29) is 11.9 Å². The number of likely N-dealkylation sites (tertiary alicyclic amines) is 1. The van der Waals surface area contributed by atoms with Crippen LogP contribution in [0.3, 0.4) is 0 Å². The molecule has 0 radical (unpaired) electrons. The second kappa shape index (κ2) is 7.10. The summed E-state index contributed by atoms with van der Waals surface area (Å²) in [6, 6.07) is 0.701. The van der Waals surface area contributed by atoms with Crippen LogP contribution in [0.5, 0.6) is 0 Å². The van der Waals surface area contributed by atoms with Crippen molar-refractivity contribution in [3.05, 3.63) is 0 Å². The molecular formula is C14H29N3O. The maximum absolute atomic E-state index is 12.4. The molecule has 0 aromatic rings. The van der Waals surface area contributed by atoms with Gasteiger partial charge < -0.3 is 15.1 Å². The summed E-state index contributed by atoms with van der Waals surface area (Å²) in [5.74, 6) is 0.258. The summed E-state index contributed by atoms with van der Waals surface area (Å²) in [7, 11) is 4.09. The molecule has 0 aliphatic carbocycles. The Hall–Kier alpha value is -0.610. The summed E-state index contributed by atoms with van der Waals surface area (Å²) in [4.78, 5) is 16.6. The van der Waals surface area contributed by atoms with E-state index >= 15 is 0 Å². The van der Waals surface area contributed by atoms with Crippen molar-refractivity contribution in [2.45, 2.75) is 58.2 Å². The fourth-order valence-electron chi connectivity index (χ4n) is 2.67. The molecule has 1 N–H and O–H groups in total. The van der Waals surface area contributed by atoms with Gasteiger partial charge in [0.2, 0.25) is 5.91 Å². The lowest BCUT2D eigenvalue weighted by molar-refractivity contribution is -0.139. The standard InChI is InChI=1S/C14H29N3O/c1-11-7-6-8-12(2)17(11)14(18)13(3)15-9-10-16(4)5/h11-13,15H,6-10H2,1-5H3. The number of hydrogen-bond donors (Lipinski definition) is 1. The second-order valence-electron chi connectivity index (χ2n) is 5.85. The largest absolute Gasteiger partial charge is 0.336 e. The van der Waals surface area contributed by atoms with Gasteiger partial charge in [0.05, 0.1) is 6.04 Å². The van der Waals surface area contributed by atoms with Crippen molar-refractivity contribution >= 4 is 5.91 Å². The predicted octanol–water partition coefficient (Wildman–Crippen LogP) is 1.32. The third kappa shape index (κ3) is 4.25. The molecule has 1 fully saturated rings. The first-order chi connectivity index (χ1) is 8.43. The van der Waals surface area contributed by atoms with Crippen molar-refractivity contribution in [2.75, 3.05) is 27.2 Å². The van der Waals surface area contributed by atoms with Crippen LogP contribution in [-0.4, -0.2) is 61.0 Å². The molecule has 3 atom stereocenters. The molecule has 4 nitrogen and oxygen atoms in total. The summed E-state index contributed by atoms with van der Waals surface area (Å²) in [5, 5.41) is 3.32. The Morgan fingerprint density at radius 1 is 1.33 bits per heavy atom. The molecule has 0 aromatic heterocycles. The molecule has 1 rings (SSSR count). The highest BCUT2D eigenvalue weighted by molar-refractivity contribution is 5.82. The average Bonchev–Trinajstić information content (AvgIpc) is 2.27. The SMILES string of the molecule is CC(NCCN(C)C)C(=O)N1C(C)CCCC1C. The number of carbonyl (C=O) groups excluding carboxylic acids is 1. The molecule has 1 heterocycles. The van der Waals surface area contributed by atoms with Gasteiger partial charge in [-0.15, -0.1) is 0 Å². The fourth-order valence-corrected chi connectivity index (χ4v) is 2.67. The number of amides is 1. The Balaban J connectivity index is 2.46. The minimum atomic E-state index is -0.0760. The minimum absolute atomic E-state index is 0.0760. The van der Waals surface area contributed by atoms with Crippen molar-refractivity contribution in [1.29, 1.82) is 0 Å². The molecule has 3 unspecified atom stereocenters. The van der Waals surface area contributed by atoms with Gasteiger partial charge in [-0.05, 0) is 54.1 Å². The van der Waals surface area contributed by atoms with Gasteiger partial charge in [0, 0.05) is 25.2 Å². The van der Waals surface area contributed by atoms with Crippen molar-refractivity contribution in [1.82, 2.24) is 15.1 Å². The maximum Gasteiger partial charge on any atom is 0.239 e. The maximum atomic E-state index is 12.4. The van der Waals surface area contributed by atoms with E-state index in [0.717, 1.165) is 25.9 Å². The van der Waals surface area contributed by atoms with E-state index < -0.39 is 0 Å². The molecule has 1 aliphatic rings. The highest BCUT2D eigenvalue weighted by Gasteiger charge is 2.31. The van der Waals surface area contributed by atoms with Crippen LogP contribution in [0, 0.1) is 0 Å². The van der Waals surface area contributed by atoms with E-state index in [9.17, 15) is 4.79 Å². The first-order valence-corrected chi connectivity index (χ1v) is 7.13. The van der Waals surface area contributed by atoms with Crippen LogP contribution in [0.4, 0.5) is 0 Å². The van der Waals surface area contributed by atoms with E-state index in [1.54, 1.807) is 0 Å². The van der Waals surface area contributed by atoms with Crippen molar-refractivity contribution < 1.29 is 4.79 Å². The van der Waals surface area contributed by atoms with Crippen LogP contribution in [0.2, 0.25) is 0 Å². The molecular weight excluding hydrogens is 226 g/mol. The zero-order valence-corrected chi connectivity index (χ0v) is 12.6. The highest BCUT2D eigenvalue weighted by Crippen LogP contribution is 2.23.